The van der Waals surface area contributed by atoms with Gasteiger partial charge in [0.25, 0.3) is 0 Å². The summed E-state index contributed by atoms with van der Waals surface area (Å²) < 4.78 is 15.6. The van der Waals surface area contributed by atoms with Crippen LogP contribution in [0.2, 0.25) is 5.02 Å². The number of fused-ring (bicyclic) bond motifs is 1. The largest absolute Gasteiger partial charge is 0.327 e. The summed E-state index contributed by atoms with van der Waals surface area (Å²) in [6.45, 7) is 2.95. The van der Waals surface area contributed by atoms with Crippen molar-refractivity contribution in [3.05, 3.63) is 28.8 Å². The molecule has 0 aliphatic carbocycles. The van der Waals surface area contributed by atoms with E-state index in [1.165, 1.54) is 6.07 Å². The first-order valence-electron chi connectivity index (χ1n) is 5.99. The van der Waals surface area contributed by atoms with Crippen LogP contribution in [0.5, 0.6) is 0 Å². The highest BCUT2D eigenvalue weighted by molar-refractivity contribution is 7.99. The van der Waals surface area contributed by atoms with Crippen LogP contribution in [0.1, 0.15) is 19.2 Å². The molecular formula is C13H15Cl2FN2S. The van der Waals surface area contributed by atoms with Crippen molar-refractivity contribution in [2.24, 2.45) is 0 Å². The van der Waals surface area contributed by atoms with Crippen LogP contribution >= 0.6 is 35.0 Å². The third-order valence-electron chi connectivity index (χ3n) is 3.15. The Balaban J connectivity index is 2.42. The summed E-state index contributed by atoms with van der Waals surface area (Å²) in [6.07, 6.45) is 3.07. The van der Waals surface area contributed by atoms with E-state index in [4.69, 9.17) is 23.2 Å². The molecule has 0 N–H and O–H groups in total. The van der Waals surface area contributed by atoms with Gasteiger partial charge < -0.3 is 4.57 Å². The molecule has 0 saturated carbocycles. The van der Waals surface area contributed by atoms with Gasteiger partial charge in [0, 0.05) is 17.9 Å². The van der Waals surface area contributed by atoms with Crippen molar-refractivity contribution in [2.45, 2.75) is 31.0 Å². The minimum absolute atomic E-state index is 0.0933. The molecule has 0 radical (unpaired) electrons. The fourth-order valence-corrected chi connectivity index (χ4v) is 2.65. The topological polar surface area (TPSA) is 17.8 Å². The van der Waals surface area contributed by atoms with E-state index in [1.54, 1.807) is 6.07 Å². The molecule has 1 atom stereocenters. The van der Waals surface area contributed by atoms with Gasteiger partial charge in [-0.1, -0.05) is 18.5 Å². The van der Waals surface area contributed by atoms with Gasteiger partial charge >= 0.3 is 0 Å². The van der Waals surface area contributed by atoms with Gasteiger partial charge in [-0.2, -0.15) is 11.8 Å². The number of thioether (sulfide) groups is 1. The molecule has 0 aliphatic heterocycles. The van der Waals surface area contributed by atoms with Gasteiger partial charge in [-0.3, -0.25) is 0 Å². The normalized spacial score (nSPS) is 13.1. The zero-order valence-electron chi connectivity index (χ0n) is 10.8. The molecular weight excluding hydrogens is 306 g/mol. The third kappa shape index (κ3) is 3.18. The number of aromatic nitrogens is 2. The summed E-state index contributed by atoms with van der Waals surface area (Å²) >= 11 is 13.5. The number of halogens is 3. The van der Waals surface area contributed by atoms with Crippen molar-refractivity contribution in [3.8, 4) is 0 Å². The first-order valence-corrected chi connectivity index (χ1v) is 8.19. The van der Waals surface area contributed by atoms with Crippen LogP contribution in [0, 0.1) is 5.82 Å². The Morgan fingerprint density at radius 3 is 2.84 bits per heavy atom. The van der Waals surface area contributed by atoms with Gasteiger partial charge in [0.05, 0.1) is 21.9 Å². The molecule has 1 aromatic heterocycles. The third-order valence-corrected chi connectivity index (χ3v) is 4.72. The van der Waals surface area contributed by atoms with Crippen LogP contribution < -0.4 is 0 Å². The highest BCUT2D eigenvalue weighted by atomic mass is 35.5. The molecule has 1 aromatic carbocycles. The molecule has 2 aromatic rings. The minimum atomic E-state index is -0.422. The zero-order valence-corrected chi connectivity index (χ0v) is 13.1. The van der Waals surface area contributed by atoms with E-state index < -0.39 is 5.82 Å². The summed E-state index contributed by atoms with van der Waals surface area (Å²) in [4.78, 5) is 4.41. The number of aryl methyl sites for hydroxylation is 1. The molecule has 0 spiro atoms. The minimum Gasteiger partial charge on any atom is -0.327 e. The van der Waals surface area contributed by atoms with Gasteiger partial charge in [0.1, 0.15) is 11.6 Å². The number of hydrogen-bond donors (Lipinski definition) is 0. The maximum Gasteiger partial charge on any atom is 0.144 e. The van der Waals surface area contributed by atoms with Gasteiger partial charge in [0.2, 0.25) is 0 Å². The standard InChI is InChI=1S/C13H15Cl2FN2S/c1-8(19-2)3-4-18-12-6-10(16)9(15)5-11(12)17-13(18)7-14/h5-6,8H,3-4,7H2,1-2H3. The SMILES string of the molecule is CSC(C)CCn1c(CCl)nc2cc(Cl)c(F)cc21. The molecule has 1 heterocycles. The molecule has 0 fully saturated rings. The molecule has 2 nitrogen and oxygen atoms in total. The number of nitrogens with zero attached hydrogens (tertiary/aromatic N) is 2. The maximum absolute atomic E-state index is 13.6. The van der Waals surface area contributed by atoms with E-state index in [-0.39, 0.29) is 5.02 Å². The first kappa shape index (κ1) is 14.9. The maximum atomic E-state index is 13.6. The van der Waals surface area contributed by atoms with Crippen molar-refractivity contribution in [3.63, 3.8) is 0 Å². The number of benzene rings is 1. The van der Waals surface area contributed by atoms with E-state index in [0.717, 1.165) is 24.3 Å². The molecule has 2 rings (SSSR count). The Labute approximate surface area is 126 Å². The van der Waals surface area contributed by atoms with Crippen molar-refractivity contribution in [2.75, 3.05) is 6.26 Å². The van der Waals surface area contributed by atoms with E-state index in [1.807, 2.05) is 16.3 Å². The second-order valence-corrected chi connectivity index (χ2v) is 6.35. The van der Waals surface area contributed by atoms with Crippen LogP contribution in [-0.2, 0) is 12.4 Å². The van der Waals surface area contributed by atoms with Crippen LogP contribution in [0.25, 0.3) is 11.0 Å². The molecule has 0 aliphatic rings. The quantitative estimate of drug-likeness (QED) is 0.742. The molecule has 0 saturated heterocycles. The van der Waals surface area contributed by atoms with Crippen LogP contribution in [0.15, 0.2) is 12.1 Å². The van der Waals surface area contributed by atoms with Crippen molar-refractivity contribution < 1.29 is 4.39 Å². The zero-order chi connectivity index (χ0) is 14.0. The fourth-order valence-electron chi connectivity index (χ4n) is 1.95. The van der Waals surface area contributed by atoms with Crippen LogP contribution in [-0.4, -0.2) is 21.1 Å². The summed E-state index contributed by atoms with van der Waals surface area (Å²) in [5.41, 5.74) is 1.45. The number of hydrogen-bond acceptors (Lipinski definition) is 2. The smallest absolute Gasteiger partial charge is 0.144 e. The Bertz CT molecular complexity index is 586. The lowest BCUT2D eigenvalue weighted by atomic mass is 10.3. The lowest BCUT2D eigenvalue weighted by molar-refractivity contribution is 0.620. The lowest BCUT2D eigenvalue weighted by Crippen LogP contribution is -2.07. The lowest BCUT2D eigenvalue weighted by Gasteiger charge is -2.11. The Hall–Kier alpha value is -0.450. The predicted molar refractivity (Wildman–Crippen MR) is 81.9 cm³/mol. The molecule has 1 unspecified atom stereocenters. The van der Waals surface area contributed by atoms with Crippen molar-refractivity contribution in [1.29, 1.82) is 0 Å². The van der Waals surface area contributed by atoms with E-state index in [9.17, 15) is 4.39 Å². The highest BCUT2D eigenvalue weighted by Crippen LogP contribution is 2.25. The summed E-state index contributed by atoms with van der Waals surface area (Å²) in [7, 11) is 0. The second kappa shape index (κ2) is 6.33. The molecule has 104 valence electrons. The van der Waals surface area contributed by atoms with Gasteiger partial charge in [0.15, 0.2) is 0 Å². The first-order chi connectivity index (χ1) is 9.06. The fraction of sp³-hybridized carbons (Fsp3) is 0.462. The van der Waals surface area contributed by atoms with Gasteiger partial charge in [-0.05, 0) is 18.7 Å². The molecule has 0 amide bonds. The second-order valence-electron chi connectivity index (χ2n) is 4.40. The molecule has 6 heteroatoms. The van der Waals surface area contributed by atoms with Crippen molar-refractivity contribution in [1.82, 2.24) is 9.55 Å². The summed E-state index contributed by atoms with van der Waals surface area (Å²) in [5.74, 6) is 0.641. The van der Waals surface area contributed by atoms with Crippen molar-refractivity contribution >= 4 is 46.0 Å². The van der Waals surface area contributed by atoms with E-state index in [2.05, 4.69) is 18.2 Å². The number of imidazole rings is 1. The van der Waals surface area contributed by atoms with E-state index in [0.29, 0.717) is 16.6 Å². The summed E-state index contributed by atoms with van der Waals surface area (Å²) in [5, 5.41) is 0.633. The average molecular weight is 321 g/mol. The molecule has 19 heavy (non-hydrogen) atoms. The van der Waals surface area contributed by atoms with Gasteiger partial charge in [-0.15, -0.1) is 11.6 Å². The van der Waals surface area contributed by atoms with E-state index >= 15 is 0 Å². The Kier molecular flexibility index (Phi) is 4.98. The number of alkyl halides is 1. The monoisotopic (exact) mass is 320 g/mol. The highest BCUT2D eigenvalue weighted by Gasteiger charge is 2.13. The number of rotatable bonds is 5. The van der Waals surface area contributed by atoms with Crippen LogP contribution in [0.4, 0.5) is 4.39 Å². The summed E-state index contributed by atoms with van der Waals surface area (Å²) in [6, 6.07) is 2.99. The Morgan fingerprint density at radius 1 is 1.47 bits per heavy atom. The average Bonchev–Trinajstić information content (AvgIpc) is 2.73. The Morgan fingerprint density at radius 2 is 2.21 bits per heavy atom. The predicted octanol–water partition coefficient (Wildman–Crippen LogP) is 4.71. The van der Waals surface area contributed by atoms with Crippen LogP contribution in [0.3, 0.4) is 0 Å². The molecule has 0 bridgehead atoms. The van der Waals surface area contributed by atoms with Gasteiger partial charge in [-0.25, -0.2) is 9.37 Å².